The molecule has 1 unspecified atom stereocenters. The third-order valence-electron chi connectivity index (χ3n) is 3.32. The second kappa shape index (κ2) is 7.28. The first-order valence-electron chi connectivity index (χ1n) is 6.74. The molecule has 5 nitrogen and oxygen atoms in total. The summed E-state index contributed by atoms with van der Waals surface area (Å²) >= 11 is 0. The molecule has 108 valence electrons. The molecule has 19 heavy (non-hydrogen) atoms. The quantitative estimate of drug-likeness (QED) is 0.596. The number of ether oxygens (including phenoxy) is 1. The van der Waals surface area contributed by atoms with Crippen LogP contribution in [0.4, 0.5) is 0 Å². The van der Waals surface area contributed by atoms with Gasteiger partial charge in [-0.2, -0.15) is 0 Å². The number of hydrogen-bond acceptors (Lipinski definition) is 4. The normalized spacial score (nSPS) is 21.8. The van der Waals surface area contributed by atoms with Gasteiger partial charge in [-0.05, 0) is 18.8 Å². The molecule has 0 aromatic carbocycles. The molecule has 1 aliphatic rings. The SMILES string of the molecule is CNC(=O)C(/C=C/C(C)C)N1CCC[C@H]1C(=O)OC. The van der Waals surface area contributed by atoms with Crippen LogP contribution in [0.25, 0.3) is 0 Å². The first kappa shape index (κ1) is 15.7. The Morgan fingerprint density at radius 3 is 2.58 bits per heavy atom. The third kappa shape index (κ3) is 4.06. The summed E-state index contributed by atoms with van der Waals surface area (Å²) in [7, 11) is 3.00. The first-order valence-corrected chi connectivity index (χ1v) is 6.74. The van der Waals surface area contributed by atoms with Gasteiger partial charge in [-0.15, -0.1) is 0 Å². The zero-order valence-corrected chi connectivity index (χ0v) is 12.2. The minimum Gasteiger partial charge on any atom is -0.468 e. The maximum absolute atomic E-state index is 12.0. The smallest absolute Gasteiger partial charge is 0.323 e. The van der Waals surface area contributed by atoms with Gasteiger partial charge in [-0.25, -0.2) is 0 Å². The number of nitrogens with one attached hydrogen (secondary N) is 1. The molecule has 0 spiro atoms. The van der Waals surface area contributed by atoms with Crippen LogP contribution >= 0.6 is 0 Å². The van der Waals surface area contributed by atoms with Crippen molar-refractivity contribution in [2.24, 2.45) is 5.92 Å². The van der Waals surface area contributed by atoms with Crippen LogP contribution in [-0.2, 0) is 14.3 Å². The molecule has 2 atom stereocenters. The van der Waals surface area contributed by atoms with Crippen molar-refractivity contribution in [3.05, 3.63) is 12.2 Å². The highest BCUT2D eigenvalue weighted by atomic mass is 16.5. The number of likely N-dealkylation sites (N-methyl/N-ethyl adjacent to an activating group) is 1. The molecule has 0 aromatic rings. The molecular weight excluding hydrogens is 244 g/mol. The van der Waals surface area contributed by atoms with E-state index in [-0.39, 0.29) is 17.9 Å². The summed E-state index contributed by atoms with van der Waals surface area (Å²) in [6.07, 6.45) is 5.52. The zero-order valence-electron chi connectivity index (χ0n) is 12.2. The van der Waals surface area contributed by atoms with Crippen molar-refractivity contribution in [3.8, 4) is 0 Å². The molecule has 0 bridgehead atoms. The van der Waals surface area contributed by atoms with E-state index < -0.39 is 6.04 Å². The molecule has 1 heterocycles. The predicted octanol–water partition coefficient (Wildman–Crippen LogP) is 0.951. The van der Waals surface area contributed by atoms with E-state index in [0.29, 0.717) is 5.92 Å². The summed E-state index contributed by atoms with van der Waals surface area (Å²) < 4.78 is 4.82. The average molecular weight is 268 g/mol. The van der Waals surface area contributed by atoms with Crippen molar-refractivity contribution in [3.63, 3.8) is 0 Å². The van der Waals surface area contributed by atoms with E-state index in [9.17, 15) is 9.59 Å². The lowest BCUT2D eigenvalue weighted by atomic mass is 10.1. The van der Waals surface area contributed by atoms with Crippen molar-refractivity contribution in [1.29, 1.82) is 0 Å². The number of rotatable bonds is 5. The van der Waals surface area contributed by atoms with Gasteiger partial charge in [0.25, 0.3) is 0 Å². The fraction of sp³-hybridized carbons (Fsp3) is 0.714. The number of methoxy groups -OCH3 is 1. The number of allylic oxidation sites excluding steroid dienone is 1. The fourth-order valence-corrected chi connectivity index (χ4v) is 2.34. The number of likely N-dealkylation sites (tertiary alicyclic amines) is 1. The van der Waals surface area contributed by atoms with Gasteiger partial charge in [0.15, 0.2) is 0 Å². The number of esters is 1. The number of hydrogen-bond donors (Lipinski definition) is 1. The van der Waals surface area contributed by atoms with Crippen LogP contribution in [0.15, 0.2) is 12.2 Å². The maximum atomic E-state index is 12.0. The second-order valence-corrected chi connectivity index (χ2v) is 5.11. The third-order valence-corrected chi connectivity index (χ3v) is 3.32. The van der Waals surface area contributed by atoms with Gasteiger partial charge in [-0.1, -0.05) is 26.0 Å². The van der Waals surface area contributed by atoms with E-state index in [2.05, 4.69) is 19.2 Å². The molecule has 1 saturated heterocycles. The Bertz CT molecular complexity index is 353. The lowest BCUT2D eigenvalue weighted by Crippen LogP contribution is -2.49. The molecular formula is C14H24N2O3. The maximum Gasteiger partial charge on any atom is 0.323 e. The largest absolute Gasteiger partial charge is 0.468 e. The van der Waals surface area contributed by atoms with E-state index in [1.54, 1.807) is 7.05 Å². The van der Waals surface area contributed by atoms with Crippen molar-refractivity contribution in [1.82, 2.24) is 10.2 Å². The summed E-state index contributed by atoms with van der Waals surface area (Å²) in [5.74, 6) is 0.0170. The van der Waals surface area contributed by atoms with Gasteiger partial charge in [0.2, 0.25) is 5.91 Å². The molecule has 0 radical (unpaired) electrons. The van der Waals surface area contributed by atoms with Crippen molar-refractivity contribution >= 4 is 11.9 Å². The fourth-order valence-electron chi connectivity index (χ4n) is 2.34. The Hall–Kier alpha value is -1.36. The Balaban J connectivity index is 2.90. The summed E-state index contributed by atoms with van der Waals surface area (Å²) in [6, 6.07) is -0.719. The molecule has 0 aliphatic carbocycles. The molecule has 5 heteroatoms. The lowest BCUT2D eigenvalue weighted by Gasteiger charge is -2.28. The van der Waals surface area contributed by atoms with Crippen LogP contribution in [0.2, 0.25) is 0 Å². The van der Waals surface area contributed by atoms with E-state index in [4.69, 9.17) is 4.74 Å². The lowest BCUT2D eigenvalue weighted by molar-refractivity contribution is -0.147. The van der Waals surface area contributed by atoms with Crippen LogP contribution in [-0.4, -0.2) is 49.6 Å². The van der Waals surface area contributed by atoms with E-state index in [0.717, 1.165) is 19.4 Å². The van der Waals surface area contributed by atoms with E-state index in [1.165, 1.54) is 7.11 Å². The predicted molar refractivity (Wildman–Crippen MR) is 73.6 cm³/mol. The minimum absolute atomic E-state index is 0.0901. The van der Waals surface area contributed by atoms with Gasteiger partial charge in [-0.3, -0.25) is 14.5 Å². The number of amides is 1. The Labute approximate surface area is 115 Å². The number of nitrogens with zero attached hydrogens (tertiary/aromatic N) is 1. The van der Waals surface area contributed by atoms with Gasteiger partial charge in [0.1, 0.15) is 12.1 Å². The van der Waals surface area contributed by atoms with Crippen molar-refractivity contribution in [2.45, 2.75) is 38.8 Å². The van der Waals surface area contributed by atoms with Gasteiger partial charge < -0.3 is 10.1 Å². The highest BCUT2D eigenvalue weighted by Gasteiger charge is 2.37. The second-order valence-electron chi connectivity index (χ2n) is 5.11. The zero-order chi connectivity index (χ0) is 14.4. The summed E-state index contributed by atoms with van der Waals surface area (Å²) in [6.45, 7) is 4.85. The number of carbonyl (C=O) groups is 2. The van der Waals surface area contributed by atoms with Crippen LogP contribution in [0.3, 0.4) is 0 Å². The number of carbonyl (C=O) groups excluding carboxylic acids is 2. The van der Waals surface area contributed by atoms with Crippen LogP contribution < -0.4 is 5.32 Å². The standard InChI is InChI=1S/C14H24N2O3/c1-10(2)7-8-11(13(17)15-3)16-9-5-6-12(16)14(18)19-4/h7-8,10-12H,5-6,9H2,1-4H3,(H,15,17)/b8-7+/t11?,12-/m0/s1. The average Bonchev–Trinajstić information content (AvgIpc) is 2.86. The monoisotopic (exact) mass is 268 g/mol. The van der Waals surface area contributed by atoms with E-state index >= 15 is 0 Å². The highest BCUT2D eigenvalue weighted by molar-refractivity contribution is 5.85. The summed E-state index contributed by atoms with van der Waals surface area (Å²) in [5.41, 5.74) is 0. The first-order chi connectivity index (χ1) is 9.01. The topological polar surface area (TPSA) is 58.6 Å². The van der Waals surface area contributed by atoms with Crippen molar-refractivity contribution in [2.75, 3.05) is 20.7 Å². The van der Waals surface area contributed by atoms with Crippen molar-refractivity contribution < 1.29 is 14.3 Å². The van der Waals surface area contributed by atoms with Crippen LogP contribution in [0.1, 0.15) is 26.7 Å². The van der Waals surface area contributed by atoms with Crippen LogP contribution in [0, 0.1) is 5.92 Å². The van der Waals surface area contributed by atoms with Gasteiger partial charge in [0, 0.05) is 13.6 Å². The summed E-state index contributed by atoms with van der Waals surface area (Å²) in [4.78, 5) is 25.7. The molecule has 0 saturated carbocycles. The van der Waals surface area contributed by atoms with Gasteiger partial charge >= 0.3 is 5.97 Å². The summed E-state index contributed by atoms with van der Waals surface area (Å²) in [5, 5.41) is 2.66. The van der Waals surface area contributed by atoms with Gasteiger partial charge in [0.05, 0.1) is 7.11 Å². The Kier molecular flexibility index (Phi) is 6.02. The molecule has 0 aromatic heterocycles. The minimum atomic E-state index is -0.404. The van der Waals surface area contributed by atoms with E-state index in [1.807, 2.05) is 17.1 Å². The highest BCUT2D eigenvalue weighted by Crippen LogP contribution is 2.22. The van der Waals surface area contributed by atoms with Crippen LogP contribution in [0.5, 0.6) is 0 Å². The molecule has 1 N–H and O–H groups in total. The Morgan fingerprint density at radius 1 is 1.37 bits per heavy atom. The molecule has 1 rings (SSSR count). The molecule has 1 fully saturated rings. The molecule has 1 amide bonds. The Morgan fingerprint density at radius 2 is 2.05 bits per heavy atom. The molecule has 1 aliphatic heterocycles.